The fourth-order valence-corrected chi connectivity index (χ4v) is 7.66. The quantitative estimate of drug-likeness (QED) is 0.103. The molecule has 0 aliphatic rings. The Labute approximate surface area is 339 Å². The maximum absolute atomic E-state index is 14.4. The van der Waals surface area contributed by atoms with Crippen LogP contribution in [0.4, 0.5) is 4.39 Å². The number of nitrogens with one attached hydrogen (secondary N) is 2. The SMILES string of the molecule is CCCc1nnc2c(C(=O)N(CCCC(C)c3nnc4c(C(=O)N(CC)CCc5nc6ccc(F)cc6[nH]5)cccn34)CCc3nc4ccc(OC)cc4[nH]3)cccn12. The summed E-state index contributed by atoms with van der Waals surface area (Å²) >= 11 is 0. The molecule has 0 saturated heterocycles. The third-order valence-corrected chi connectivity index (χ3v) is 10.8. The normalized spacial score (nSPS) is 12.2. The second-order valence-corrected chi connectivity index (χ2v) is 14.8. The molecule has 0 saturated carbocycles. The van der Waals surface area contributed by atoms with Gasteiger partial charge in [-0.2, -0.15) is 0 Å². The van der Waals surface area contributed by atoms with Crippen LogP contribution in [0.2, 0.25) is 0 Å². The van der Waals surface area contributed by atoms with Crippen LogP contribution in [0.3, 0.4) is 0 Å². The Kier molecular flexibility index (Phi) is 11.3. The van der Waals surface area contributed by atoms with Crippen LogP contribution in [0.15, 0.2) is 73.1 Å². The molecule has 0 fully saturated rings. The average molecular weight is 799 g/mol. The lowest BCUT2D eigenvalue weighted by Gasteiger charge is -2.23. The predicted octanol–water partition coefficient (Wildman–Crippen LogP) is 6.60. The minimum Gasteiger partial charge on any atom is -0.497 e. The molecule has 2 aromatic carbocycles. The molecule has 8 aromatic rings. The summed E-state index contributed by atoms with van der Waals surface area (Å²) in [5.74, 6) is 3.11. The van der Waals surface area contributed by atoms with Crippen LogP contribution in [0.1, 0.15) is 90.0 Å². The number of benzene rings is 2. The molecule has 59 heavy (non-hydrogen) atoms. The number of pyridine rings is 2. The van der Waals surface area contributed by atoms with E-state index >= 15 is 0 Å². The Morgan fingerprint density at radius 1 is 0.763 bits per heavy atom. The van der Waals surface area contributed by atoms with E-state index in [4.69, 9.17) is 9.72 Å². The maximum atomic E-state index is 14.4. The second-order valence-electron chi connectivity index (χ2n) is 14.8. The first kappa shape index (κ1) is 39.1. The number of carbonyl (C=O) groups excluding carboxylic acids is 2. The minimum atomic E-state index is -0.333. The molecule has 1 unspecified atom stereocenters. The summed E-state index contributed by atoms with van der Waals surface area (Å²) in [6.07, 6.45) is 7.86. The number of amides is 2. The van der Waals surface area contributed by atoms with E-state index in [-0.39, 0.29) is 23.5 Å². The molecule has 0 bridgehead atoms. The fraction of sp³-hybridized carbons (Fsp3) is 0.349. The Bertz CT molecular complexity index is 2770. The summed E-state index contributed by atoms with van der Waals surface area (Å²) in [6, 6.07) is 17.4. The zero-order valence-electron chi connectivity index (χ0n) is 33.7. The van der Waals surface area contributed by atoms with Gasteiger partial charge in [-0.05, 0) is 80.8 Å². The molecule has 6 heterocycles. The predicted molar refractivity (Wildman–Crippen MR) is 221 cm³/mol. The van der Waals surface area contributed by atoms with Gasteiger partial charge in [0, 0.05) is 69.8 Å². The Morgan fingerprint density at radius 2 is 1.39 bits per heavy atom. The van der Waals surface area contributed by atoms with Crippen molar-refractivity contribution in [2.75, 3.05) is 33.3 Å². The molecule has 0 aliphatic carbocycles. The summed E-state index contributed by atoms with van der Waals surface area (Å²) in [7, 11) is 1.63. The van der Waals surface area contributed by atoms with Crippen molar-refractivity contribution in [3.8, 4) is 5.75 Å². The number of imidazole rings is 2. The van der Waals surface area contributed by atoms with Crippen LogP contribution in [0.25, 0.3) is 33.4 Å². The van der Waals surface area contributed by atoms with E-state index in [1.54, 1.807) is 24.1 Å². The Morgan fingerprint density at radius 3 is 2.08 bits per heavy atom. The molecule has 15 nitrogen and oxygen atoms in total. The van der Waals surface area contributed by atoms with Crippen LogP contribution >= 0.6 is 0 Å². The van der Waals surface area contributed by atoms with E-state index in [0.717, 1.165) is 47.1 Å². The number of likely N-dealkylation sites (N-methyl/N-ethyl adjacent to an activating group) is 1. The Hall–Kier alpha value is -6.71. The molecule has 2 N–H and O–H groups in total. The van der Waals surface area contributed by atoms with E-state index in [9.17, 15) is 14.0 Å². The Balaban J connectivity index is 0.968. The van der Waals surface area contributed by atoms with Crippen molar-refractivity contribution < 1.29 is 18.7 Å². The van der Waals surface area contributed by atoms with E-state index in [1.807, 2.05) is 69.4 Å². The molecular formula is C43H47FN12O3. The maximum Gasteiger partial charge on any atom is 0.257 e. The van der Waals surface area contributed by atoms with Crippen LogP contribution in [0.5, 0.6) is 5.75 Å². The molecule has 304 valence electrons. The topological polar surface area (TPSA) is 168 Å². The van der Waals surface area contributed by atoms with Crippen LogP contribution < -0.4 is 4.74 Å². The number of rotatable bonds is 17. The third-order valence-electron chi connectivity index (χ3n) is 10.8. The number of methoxy groups -OCH3 is 1. The number of H-pyrrole nitrogens is 2. The molecule has 2 amide bonds. The highest BCUT2D eigenvalue weighted by molar-refractivity contribution is 6.00. The number of fused-ring (bicyclic) bond motifs is 4. The number of nitrogens with zero attached hydrogens (tertiary/aromatic N) is 10. The van der Waals surface area contributed by atoms with Crippen molar-refractivity contribution in [3.05, 3.63) is 113 Å². The molecule has 16 heteroatoms. The summed E-state index contributed by atoms with van der Waals surface area (Å²) in [4.78, 5) is 47.8. The van der Waals surface area contributed by atoms with Gasteiger partial charge in [0.2, 0.25) is 0 Å². The van der Waals surface area contributed by atoms with Crippen LogP contribution in [-0.2, 0) is 19.3 Å². The highest BCUT2D eigenvalue weighted by Crippen LogP contribution is 2.24. The summed E-state index contributed by atoms with van der Waals surface area (Å²) in [6.45, 7) is 7.93. The van der Waals surface area contributed by atoms with Gasteiger partial charge in [-0.1, -0.05) is 13.8 Å². The van der Waals surface area contributed by atoms with Gasteiger partial charge in [-0.3, -0.25) is 18.4 Å². The molecule has 0 aliphatic heterocycles. The van der Waals surface area contributed by atoms with Gasteiger partial charge in [0.15, 0.2) is 11.3 Å². The summed E-state index contributed by atoms with van der Waals surface area (Å²) in [5.41, 5.74) is 5.00. The highest BCUT2D eigenvalue weighted by Gasteiger charge is 2.24. The van der Waals surface area contributed by atoms with Crippen LogP contribution in [0, 0.1) is 5.82 Å². The minimum absolute atomic E-state index is 0.0330. The van der Waals surface area contributed by atoms with E-state index in [2.05, 4.69) is 49.2 Å². The lowest BCUT2D eigenvalue weighted by atomic mass is 10.0. The number of hydrogen-bond acceptors (Lipinski definition) is 9. The third kappa shape index (κ3) is 8.07. The number of carbonyl (C=O) groups is 2. The molecule has 1 atom stereocenters. The lowest BCUT2D eigenvalue weighted by Crippen LogP contribution is -2.34. The van der Waals surface area contributed by atoms with E-state index in [0.29, 0.717) is 91.1 Å². The number of aromatic amines is 2. The van der Waals surface area contributed by atoms with E-state index in [1.165, 1.54) is 12.1 Å². The second kappa shape index (κ2) is 17.0. The van der Waals surface area contributed by atoms with Gasteiger partial charge < -0.3 is 24.5 Å². The van der Waals surface area contributed by atoms with Crippen molar-refractivity contribution in [1.82, 2.24) is 58.9 Å². The molecule has 0 radical (unpaired) electrons. The van der Waals surface area contributed by atoms with Crippen molar-refractivity contribution in [2.45, 2.75) is 65.2 Å². The van der Waals surface area contributed by atoms with Gasteiger partial charge in [0.25, 0.3) is 11.8 Å². The van der Waals surface area contributed by atoms with Gasteiger partial charge in [-0.15, -0.1) is 20.4 Å². The van der Waals surface area contributed by atoms with Crippen molar-refractivity contribution >= 4 is 45.2 Å². The molecule has 8 rings (SSSR count). The zero-order chi connectivity index (χ0) is 41.0. The van der Waals surface area contributed by atoms with Gasteiger partial charge in [0.1, 0.15) is 34.9 Å². The van der Waals surface area contributed by atoms with Gasteiger partial charge in [0.05, 0.1) is 40.3 Å². The first-order chi connectivity index (χ1) is 28.7. The fourth-order valence-electron chi connectivity index (χ4n) is 7.66. The highest BCUT2D eigenvalue weighted by atomic mass is 19.1. The zero-order valence-corrected chi connectivity index (χ0v) is 33.7. The smallest absolute Gasteiger partial charge is 0.257 e. The first-order valence-electron chi connectivity index (χ1n) is 20.2. The molecule has 0 spiro atoms. The van der Waals surface area contributed by atoms with Crippen molar-refractivity contribution in [3.63, 3.8) is 0 Å². The van der Waals surface area contributed by atoms with Gasteiger partial charge >= 0.3 is 0 Å². The number of aromatic nitrogens is 10. The number of hydrogen-bond donors (Lipinski definition) is 2. The monoisotopic (exact) mass is 798 g/mol. The molecular weight excluding hydrogens is 752 g/mol. The summed E-state index contributed by atoms with van der Waals surface area (Å²) < 4.78 is 22.9. The van der Waals surface area contributed by atoms with Crippen molar-refractivity contribution in [1.29, 1.82) is 0 Å². The number of aryl methyl sites for hydroxylation is 1. The molecule has 6 aromatic heterocycles. The van der Waals surface area contributed by atoms with Crippen LogP contribution in [-0.4, -0.2) is 104 Å². The average Bonchev–Trinajstić information content (AvgIpc) is 4.06. The largest absolute Gasteiger partial charge is 0.497 e. The standard InChI is InChI=1S/C43H47FN12O3/c1-5-10-38-49-51-40-30(12-8-21-55(38)40)43(58)54(24-19-37-46-33-17-15-29(59-4)26-35(33)48-37)20-7-11-27(3)39-50-52-41-31(13-9-22-56(39)41)42(57)53(6-2)23-18-36-45-32-16-14-28(44)25-34(32)47-36/h8-9,12-17,21-22,25-27H,5-7,10-11,18-20,23-24H2,1-4H3,(H,45,47)(H,46,48). The number of ether oxygens (including phenoxy) is 1. The van der Waals surface area contributed by atoms with Crippen molar-refractivity contribution in [2.24, 2.45) is 0 Å². The first-order valence-corrected chi connectivity index (χ1v) is 20.2. The number of halogens is 1. The summed E-state index contributed by atoms with van der Waals surface area (Å²) in [5, 5.41) is 17.9. The van der Waals surface area contributed by atoms with E-state index < -0.39 is 0 Å². The lowest BCUT2D eigenvalue weighted by molar-refractivity contribution is 0.0750. The van der Waals surface area contributed by atoms with Gasteiger partial charge in [-0.25, -0.2) is 14.4 Å².